The zero-order valence-electron chi connectivity index (χ0n) is 16.6. The second-order valence-electron chi connectivity index (χ2n) is 8.24. The Morgan fingerprint density at radius 1 is 0.962 bits per heavy atom. The van der Waals surface area contributed by atoms with Crippen LogP contribution in [0.4, 0.5) is 0 Å². The van der Waals surface area contributed by atoms with Gasteiger partial charge in [-0.3, -0.25) is 19.5 Å². The molecule has 0 N–H and O–H groups in total. The SMILES string of the molecule is CN1CCC(C)(N2CCN(CC(=O)OCCN3CCOCC3)CC2)CC1. The molecule has 3 heterocycles. The summed E-state index contributed by atoms with van der Waals surface area (Å²) in [5, 5.41) is 0. The zero-order chi connectivity index (χ0) is 18.4. The maximum atomic E-state index is 12.1. The van der Waals surface area contributed by atoms with E-state index in [-0.39, 0.29) is 5.97 Å². The van der Waals surface area contributed by atoms with Crippen LogP contribution in [-0.2, 0) is 14.3 Å². The summed E-state index contributed by atoms with van der Waals surface area (Å²) in [6, 6.07) is 0. The highest BCUT2D eigenvalue weighted by Crippen LogP contribution is 2.28. The fourth-order valence-corrected chi connectivity index (χ4v) is 4.20. The number of carbonyl (C=O) groups is 1. The molecular formula is C19H36N4O3. The molecule has 7 heteroatoms. The van der Waals surface area contributed by atoms with Gasteiger partial charge in [-0.15, -0.1) is 0 Å². The summed E-state index contributed by atoms with van der Waals surface area (Å²) in [5.41, 5.74) is 0.331. The van der Waals surface area contributed by atoms with Crippen molar-refractivity contribution in [1.29, 1.82) is 0 Å². The van der Waals surface area contributed by atoms with Crippen molar-refractivity contribution in [1.82, 2.24) is 19.6 Å². The molecule has 0 unspecified atom stereocenters. The van der Waals surface area contributed by atoms with Gasteiger partial charge in [0.05, 0.1) is 19.8 Å². The Balaban J connectivity index is 1.31. The van der Waals surface area contributed by atoms with Crippen molar-refractivity contribution >= 4 is 5.97 Å². The van der Waals surface area contributed by atoms with Gasteiger partial charge in [0.15, 0.2) is 0 Å². The van der Waals surface area contributed by atoms with E-state index in [0.29, 0.717) is 18.7 Å². The number of hydrogen-bond acceptors (Lipinski definition) is 7. The van der Waals surface area contributed by atoms with E-state index in [2.05, 4.69) is 33.6 Å². The number of carbonyl (C=O) groups excluding carboxylic acids is 1. The molecule has 0 saturated carbocycles. The monoisotopic (exact) mass is 368 g/mol. The average Bonchev–Trinajstić information content (AvgIpc) is 2.66. The van der Waals surface area contributed by atoms with Gasteiger partial charge in [0.25, 0.3) is 0 Å². The van der Waals surface area contributed by atoms with Crippen LogP contribution in [0.2, 0.25) is 0 Å². The molecule has 0 amide bonds. The van der Waals surface area contributed by atoms with Crippen LogP contribution in [0.3, 0.4) is 0 Å². The largest absolute Gasteiger partial charge is 0.463 e. The summed E-state index contributed by atoms with van der Waals surface area (Å²) in [4.78, 5) is 21.7. The highest BCUT2D eigenvalue weighted by Gasteiger charge is 2.36. The molecule has 7 nitrogen and oxygen atoms in total. The predicted octanol–water partition coefficient (Wildman–Crippen LogP) is -0.0363. The normalized spacial score (nSPS) is 26.7. The number of morpholine rings is 1. The van der Waals surface area contributed by atoms with E-state index in [0.717, 1.165) is 59.0 Å². The second-order valence-corrected chi connectivity index (χ2v) is 8.24. The molecule has 0 spiro atoms. The maximum Gasteiger partial charge on any atom is 0.320 e. The molecule has 0 atom stereocenters. The molecule has 0 radical (unpaired) electrons. The molecule has 3 saturated heterocycles. The van der Waals surface area contributed by atoms with E-state index in [9.17, 15) is 4.79 Å². The number of likely N-dealkylation sites (tertiary alicyclic amines) is 1. The molecule has 3 aliphatic rings. The van der Waals surface area contributed by atoms with Crippen LogP contribution < -0.4 is 0 Å². The molecule has 0 aliphatic carbocycles. The van der Waals surface area contributed by atoms with Crippen LogP contribution in [-0.4, -0.2) is 123 Å². The van der Waals surface area contributed by atoms with Crippen LogP contribution in [0.1, 0.15) is 19.8 Å². The van der Waals surface area contributed by atoms with Gasteiger partial charge in [-0.25, -0.2) is 0 Å². The van der Waals surface area contributed by atoms with Crippen LogP contribution in [0, 0.1) is 0 Å². The van der Waals surface area contributed by atoms with E-state index in [1.54, 1.807) is 0 Å². The van der Waals surface area contributed by atoms with Crippen molar-refractivity contribution in [2.45, 2.75) is 25.3 Å². The minimum absolute atomic E-state index is 0.0859. The van der Waals surface area contributed by atoms with E-state index < -0.39 is 0 Å². The third-order valence-electron chi connectivity index (χ3n) is 6.33. The Kier molecular flexibility index (Phi) is 7.28. The number of ether oxygens (including phenoxy) is 2. The lowest BCUT2D eigenvalue weighted by molar-refractivity contribution is -0.146. The summed E-state index contributed by atoms with van der Waals surface area (Å²) in [7, 11) is 2.21. The summed E-state index contributed by atoms with van der Waals surface area (Å²) >= 11 is 0. The lowest BCUT2D eigenvalue weighted by atomic mass is 9.87. The molecule has 0 aromatic carbocycles. The van der Waals surface area contributed by atoms with Gasteiger partial charge in [0, 0.05) is 51.4 Å². The van der Waals surface area contributed by atoms with Crippen molar-refractivity contribution in [2.24, 2.45) is 0 Å². The summed E-state index contributed by atoms with van der Waals surface area (Å²) in [6.07, 6.45) is 2.49. The van der Waals surface area contributed by atoms with E-state index in [1.807, 2.05) is 0 Å². The van der Waals surface area contributed by atoms with Crippen LogP contribution in [0.25, 0.3) is 0 Å². The Morgan fingerprint density at radius 2 is 1.62 bits per heavy atom. The van der Waals surface area contributed by atoms with Gasteiger partial charge in [-0.05, 0) is 39.9 Å². The standard InChI is InChI=1S/C19H36N4O3/c1-19(3-5-20(2)6-4-19)23-9-7-22(8-10-23)17-18(24)26-16-13-21-11-14-25-15-12-21/h3-17H2,1-2H3. The van der Waals surface area contributed by atoms with Gasteiger partial charge in [-0.1, -0.05) is 0 Å². The van der Waals surface area contributed by atoms with Crippen LogP contribution >= 0.6 is 0 Å². The van der Waals surface area contributed by atoms with Gasteiger partial charge < -0.3 is 14.4 Å². The average molecular weight is 369 g/mol. The smallest absolute Gasteiger partial charge is 0.320 e. The number of hydrogen-bond donors (Lipinski definition) is 0. The lowest BCUT2D eigenvalue weighted by Crippen LogP contribution is -2.59. The van der Waals surface area contributed by atoms with E-state index in [4.69, 9.17) is 9.47 Å². The van der Waals surface area contributed by atoms with E-state index >= 15 is 0 Å². The van der Waals surface area contributed by atoms with Crippen LogP contribution in [0.15, 0.2) is 0 Å². The number of piperazine rings is 1. The third kappa shape index (κ3) is 5.63. The second kappa shape index (κ2) is 9.46. The minimum Gasteiger partial charge on any atom is -0.463 e. The Morgan fingerprint density at radius 3 is 2.27 bits per heavy atom. The first-order chi connectivity index (χ1) is 12.5. The fraction of sp³-hybridized carbons (Fsp3) is 0.947. The summed E-state index contributed by atoms with van der Waals surface area (Å²) < 4.78 is 10.8. The number of esters is 1. The molecule has 3 aliphatic heterocycles. The molecule has 3 rings (SSSR count). The molecule has 0 aromatic rings. The highest BCUT2D eigenvalue weighted by atomic mass is 16.5. The Labute approximate surface area is 158 Å². The third-order valence-corrected chi connectivity index (χ3v) is 6.33. The Bertz CT molecular complexity index is 440. The quantitative estimate of drug-likeness (QED) is 0.610. The Hall–Kier alpha value is -0.730. The number of rotatable bonds is 6. The number of nitrogens with zero attached hydrogens (tertiary/aromatic N) is 4. The van der Waals surface area contributed by atoms with Crippen molar-refractivity contribution in [3.05, 3.63) is 0 Å². The predicted molar refractivity (Wildman–Crippen MR) is 101 cm³/mol. The topological polar surface area (TPSA) is 48.5 Å². The zero-order valence-corrected chi connectivity index (χ0v) is 16.6. The van der Waals surface area contributed by atoms with Crippen molar-refractivity contribution in [3.8, 4) is 0 Å². The van der Waals surface area contributed by atoms with Crippen molar-refractivity contribution < 1.29 is 14.3 Å². The molecule has 0 aromatic heterocycles. The van der Waals surface area contributed by atoms with Gasteiger partial charge in [0.2, 0.25) is 0 Å². The first kappa shape index (κ1) is 20.0. The summed E-state index contributed by atoms with van der Waals surface area (Å²) in [5.74, 6) is -0.0859. The molecule has 150 valence electrons. The molecule has 26 heavy (non-hydrogen) atoms. The number of piperidine rings is 1. The van der Waals surface area contributed by atoms with Gasteiger partial charge in [0.1, 0.15) is 6.61 Å². The van der Waals surface area contributed by atoms with Gasteiger partial charge >= 0.3 is 5.97 Å². The molecule has 3 fully saturated rings. The first-order valence-electron chi connectivity index (χ1n) is 10.2. The molecule has 0 bridgehead atoms. The summed E-state index contributed by atoms with van der Waals surface area (Å²) in [6.45, 7) is 14.0. The maximum absolute atomic E-state index is 12.1. The lowest BCUT2D eigenvalue weighted by Gasteiger charge is -2.49. The fourth-order valence-electron chi connectivity index (χ4n) is 4.20. The van der Waals surface area contributed by atoms with Crippen LogP contribution in [0.5, 0.6) is 0 Å². The minimum atomic E-state index is -0.0859. The van der Waals surface area contributed by atoms with Crippen molar-refractivity contribution in [3.63, 3.8) is 0 Å². The molecular weight excluding hydrogens is 332 g/mol. The van der Waals surface area contributed by atoms with Gasteiger partial charge in [-0.2, -0.15) is 0 Å². The highest BCUT2D eigenvalue weighted by molar-refractivity contribution is 5.71. The first-order valence-corrected chi connectivity index (χ1v) is 10.2. The van der Waals surface area contributed by atoms with Crippen molar-refractivity contribution in [2.75, 3.05) is 92.3 Å². The van der Waals surface area contributed by atoms with E-state index in [1.165, 1.54) is 25.9 Å².